The Kier molecular flexibility index (Phi) is 206000. The van der Waals surface area contributed by atoms with Gasteiger partial charge in [-0.1, -0.05) is 44.5 Å². The minimum atomic E-state index is -2.50. The summed E-state index contributed by atoms with van der Waals surface area (Å²) in [7, 11) is -2.50. The van der Waals surface area contributed by atoms with Crippen LogP contribution in [0.3, 0.4) is 0 Å². The van der Waals surface area contributed by atoms with Crippen LogP contribution in [-0.4, -0.2) is 0 Å². The van der Waals surface area contributed by atoms with Crippen LogP contribution < -0.4 is 6.15 Å². The molecule has 3 N–H and O–H groups in total. The second-order valence-corrected chi connectivity index (χ2v) is 0. The molecule has 1 nitrogen and oxygen atoms in total. The van der Waals surface area contributed by atoms with Crippen LogP contribution >= 0.6 is 0 Å². The quantitative estimate of drug-likeness (QED) is 0.511. The van der Waals surface area contributed by atoms with Gasteiger partial charge < -0.3 is 6.15 Å². The molecule has 7 heavy (non-hydrogen) atoms. The highest BCUT2D eigenvalue weighted by molar-refractivity contribution is 2.51. The van der Waals surface area contributed by atoms with Gasteiger partial charge in [0.05, 0.1) is 0 Å². The molecule has 0 fully saturated rings. The molecular weight excluding hydrogens is 86.1 g/mol. The van der Waals surface area contributed by atoms with Crippen molar-refractivity contribution in [3.05, 3.63) is 0 Å². The zero-order valence-electron chi connectivity index (χ0n) is 5.21. The van der Waals surface area contributed by atoms with Crippen LogP contribution in [0.5, 0.6) is 0 Å². The molecule has 0 amide bonds. The van der Waals surface area contributed by atoms with Crippen molar-refractivity contribution in [3.63, 3.8) is 0 Å². The lowest BCUT2D eigenvalue weighted by molar-refractivity contribution is 2.13. The third kappa shape index (κ3) is 58400. The minimum absolute atomic E-state index is 0. The molecule has 0 heterocycles. The van der Waals surface area contributed by atoms with Crippen molar-refractivity contribution < 1.29 is 5.48 Å². The van der Waals surface area contributed by atoms with E-state index >= 15 is 0 Å². The molecule has 0 aliphatic heterocycles. The van der Waals surface area contributed by atoms with Gasteiger partial charge in [-0.25, -0.2) is 0 Å². The molecule has 0 bridgehead atoms. The SMILES string of the molecule is C.C.C.C.C.N.[2H]C([2H])([2H])[2H]. The first kappa shape index (κ1) is 15.8. The van der Waals surface area contributed by atoms with Gasteiger partial charge in [0.25, 0.3) is 0 Å². The van der Waals surface area contributed by atoms with Crippen molar-refractivity contribution in [2.45, 2.75) is 44.5 Å². The summed E-state index contributed by atoms with van der Waals surface area (Å²) in [4.78, 5) is 0. The van der Waals surface area contributed by atoms with Crippen LogP contribution in [-0.2, 0) is 0 Å². The topological polar surface area (TPSA) is 35.0 Å². The molecule has 0 saturated carbocycles. The molecule has 0 unspecified atom stereocenters. The third-order valence-electron chi connectivity index (χ3n) is 0. The fraction of sp³-hybridized carbons (Fsp3) is 1.00. The zero-order chi connectivity index (χ0) is 4.50. The second kappa shape index (κ2) is 91600. The maximum absolute atomic E-state index is 5.94. The summed E-state index contributed by atoms with van der Waals surface area (Å²) in [6.07, 6.45) is 0. The lowest BCUT2D eigenvalue weighted by Crippen LogP contribution is -0.481. The van der Waals surface area contributed by atoms with Crippen LogP contribution in [0, 0.1) is 0 Å². The van der Waals surface area contributed by atoms with E-state index < -0.39 is 7.33 Å². The van der Waals surface area contributed by atoms with E-state index in [-0.39, 0.29) is 43.3 Å². The largest absolute Gasteiger partial charge is 0.344 e. The van der Waals surface area contributed by atoms with E-state index in [4.69, 9.17) is 5.48 Å². The Morgan fingerprint density at radius 1 is 0.714 bits per heavy atom. The lowest BCUT2D eigenvalue weighted by atomic mass is 12.0. The normalized spacial score (nSPS) is 9.14. The molecule has 0 radical (unpaired) electrons. The minimum Gasteiger partial charge on any atom is -0.344 e. The van der Waals surface area contributed by atoms with E-state index in [1.807, 2.05) is 0 Å². The van der Waals surface area contributed by atoms with E-state index in [9.17, 15) is 0 Å². The molecule has 0 saturated heterocycles. The van der Waals surface area contributed by atoms with Gasteiger partial charge in [0.15, 0.2) is 0 Å². The van der Waals surface area contributed by atoms with Crippen LogP contribution in [0.25, 0.3) is 0 Å². The third-order valence-corrected chi connectivity index (χ3v) is 0. The highest BCUT2D eigenvalue weighted by atomic mass is 14.0. The summed E-state index contributed by atoms with van der Waals surface area (Å²) >= 11 is 0. The number of hydrogen-bond donors (Lipinski definition) is 1. The molecule has 56 valence electrons. The maximum Gasteiger partial charge on any atom is 0.0194 e. The van der Waals surface area contributed by atoms with Crippen molar-refractivity contribution in [3.8, 4) is 0 Å². The Bertz CT molecular complexity index is 30.1. The van der Waals surface area contributed by atoms with Crippen LogP contribution in [0.15, 0.2) is 0 Å². The Morgan fingerprint density at radius 2 is 0.714 bits per heavy atom. The van der Waals surface area contributed by atoms with Crippen molar-refractivity contribution in [1.29, 1.82) is 0 Å². The first-order valence-electron chi connectivity index (χ1n) is 2.00. The summed E-state index contributed by atoms with van der Waals surface area (Å²) in [5.74, 6) is 0. The monoisotopic (exact) mass is 117 g/mol. The van der Waals surface area contributed by atoms with Crippen LogP contribution in [0.2, 0.25) is 0 Å². The highest BCUT2D eigenvalue weighted by Crippen LogP contribution is 0.149. The van der Waals surface area contributed by atoms with E-state index in [0.717, 1.165) is 0 Å². The first-order valence-corrected chi connectivity index (χ1v) is 0. The Balaban J connectivity index is -0.00000000533. The van der Waals surface area contributed by atoms with Gasteiger partial charge >= 0.3 is 0 Å². The average Bonchev–Trinajstić information content (AvgIpc) is 0.722. The predicted octanol–water partition coefficient (Wildman–Crippen LogP) is 3.98. The summed E-state index contributed by atoms with van der Waals surface area (Å²) in [5, 5.41) is 0. The molecule has 1 heteroatoms. The van der Waals surface area contributed by atoms with Crippen molar-refractivity contribution in [1.82, 2.24) is 6.15 Å². The van der Waals surface area contributed by atoms with Gasteiger partial charge in [-0.3, -0.25) is 0 Å². The summed E-state index contributed by atoms with van der Waals surface area (Å²) in [6, 6.07) is 0. The lowest BCUT2D eigenvalue weighted by Gasteiger charge is -0.344. The van der Waals surface area contributed by atoms with Gasteiger partial charge in [-0.2, -0.15) is 0 Å². The van der Waals surface area contributed by atoms with Crippen LogP contribution in [0.1, 0.15) is 49.9 Å². The van der Waals surface area contributed by atoms with E-state index in [1.54, 1.807) is 0 Å². The highest BCUT2D eigenvalue weighted by Gasteiger charge is -0.0725. The Hall–Kier alpha value is -0.0400. The number of rotatable bonds is 0. The van der Waals surface area contributed by atoms with Gasteiger partial charge in [-0.15, -0.1) is 0 Å². The maximum atomic E-state index is 5.94. The Labute approximate surface area is 57.3 Å². The van der Waals surface area contributed by atoms with E-state index in [2.05, 4.69) is 0 Å². The predicted molar refractivity (Wildman–Crippen MR) is 45.4 cm³/mol. The molecule has 0 rings (SSSR count). The van der Waals surface area contributed by atoms with Crippen molar-refractivity contribution in [2.24, 2.45) is 0 Å². The molecule has 0 aromatic rings. The number of hydrogen-bond acceptors (Lipinski definition) is 1. The molecule has 0 aromatic heterocycles. The van der Waals surface area contributed by atoms with Gasteiger partial charge in [-0.05, 0) is 0 Å². The standard InChI is InChI=1S/6CH4.H3N/h6*1H4;1H3/i1D4;;;;;;. The van der Waals surface area contributed by atoms with Crippen LogP contribution in [0.4, 0.5) is 0 Å². The zero-order valence-corrected chi connectivity index (χ0v) is 1.21. The second-order valence-electron chi connectivity index (χ2n) is 0. The molecular formula is C6H27N. The van der Waals surface area contributed by atoms with Gasteiger partial charge in [0.2, 0.25) is 0 Å². The molecule has 0 aliphatic carbocycles. The summed E-state index contributed by atoms with van der Waals surface area (Å²) in [5.41, 5.74) is 0. The van der Waals surface area contributed by atoms with E-state index in [1.165, 1.54) is 0 Å². The van der Waals surface area contributed by atoms with Crippen molar-refractivity contribution >= 4 is 0 Å². The Morgan fingerprint density at radius 3 is 0.714 bits per heavy atom. The fourth-order valence-corrected chi connectivity index (χ4v) is 0. The summed E-state index contributed by atoms with van der Waals surface area (Å²) < 4.78 is 23.8. The molecule has 0 spiro atoms. The fourth-order valence-electron chi connectivity index (χ4n) is 0. The molecule has 0 atom stereocenters. The smallest absolute Gasteiger partial charge is 0.0194 e. The molecule has 0 aliphatic rings. The molecule has 0 aromatic carbocycles. The van der Waals surface area contributed by atoms with E-state index in [0.29, 0.717) is 0 Å². The first-order chi connectivity index (χ1) is 2.00. The van der Waals surface area contributed by atoms with Gasteiger partial charge in [0, 0.05) is 5.48 Å². The van der Waals surface area contributed by atoms with Crippen molar-refractivity contribution in [2.75, 3.05) is 0 Å². The average molecular weight is 117 g/mol. The van der Waals surface area contributed by atoms with Gasteiger partial charge in [0.1, 0.15) is 0 Å². The summed E-state index contributed by atoms with van der Waals surface area (Å²) in [6.45, 7) is 0.